The number of alkyl halides is 3. The van der Waals surface area contributed by atoms with E-state index in [2.05, 4.69) is 37.3 Å². The molecule has 0 amide bonds. The Morgan fingerprint density at radius 3 is 2.65 bits per heavy atom. The maximum absolute atomic E-state index is 12.7. The summed E-state index contributed by atoms with van der Waals surface area (Å²) >= 11 is 0. The van der Waals surface area contributed by atoms with Crippen LogP contribution in [-0.4, -0.2) is 51.3 Å². The summed E-state index contributed by atoms with van der Waals surface area (Å²) < 4.78 is 40.1. The van der Waals surface area contributed by atoms with E-state index in [1.54, 1.807) is 18.2 Å². The Hall–Kier alpha value is -2.88. The summed E-state index contributed by atoms with van der Waals surface area (Å²) in [4.78, 5) is 6.83. The van der Waals surface area contributed by atoms with Crippen molar-refractivity contribution in [2.24, 2.45) is 12.0 Å². The number of nitrogens with zero attached hydrogens (tertiary/aromatic N) is 5. The molecule has 7 nitrogen and oxygen atoms in total. The molecule has 2 aromatic rings. The van der Waals surface area contributed by atoms with Crippen molar-refractivity contribution in [2.45, 2.75) is 38.7 Å². The summed E-state index contributed by atoms with van der Waals surface area (Å²) in [6, 6.07) is 5.56. The summed E-state index contributed by atoms with van der Waals surface area (Å²) in [5, 5.41) is 14.8. The van der Waals surface area contributed by atoms with E-state index in [-0.39, 0.29) is 6.04 Å². The van der Waals surface area contributed by atoms with Crippen LogP contribution in [0, 0.1) is 6.92 Å². The van der Waals surface area contributed by atoms with E-state index in [0.717, 1.165) is 48.9 Å². The van der Waals surface area contributed by atoms with E-state index < -0.39 is 11.7 Å². The molecule has 1 aliphatic heterocycles. The third kappa shape index (κ3) is 6.30. The second-order valence-electron chi connectivity index (χ2n) is 7.62. The molecule has 0 aliphatic carbocycles. The fourth-order valence-electron chi connectivity index (χ4n) is 3.40. The lowest BCUT2D eigenvalue weighted by atomic mass is 10.1. The van der Waals surface area contributed by atoms with Crippen LogP contribution < -0.4 is 10.6 Å². The van der Waals surface area contributed by atoms with E-state index >= 15 is 0 Å². The van der Waals surface area contributed by atoms with Gasteiger partial charge in [0, 0.05) is 39.3 Å². The fraction of sp³-hybridized carbons (Fsp3) is 0.476. The molecule has 1 saturated heterocycles. The topological polar surface area (TPSA) is 70.4 Å². The number of hydrogen-bond donors (Lipinski definition) is 2. The van der Waals surface area contributed by atoms with Crippen LogP contribution in [-0.2, 0) is 26.3 Å². The standard InChI is InChI=1S/C21H28F3N7/c1-4-10-25-20(26-12-19-29-28-15(2)30(19)3)27-18-9-11-31(14-18)13-16-5-7-17(8-6-16)21(22,23)24/h4-8,18H,1,9-14H2,2-3H3,(H2,25,26,27). The van der Waals surface area contributed by atoms with Crippen molar-refractivity contribution in [1.29, 1.82) is 0 Å². The van der Waals surface area contributed by atoms with Gasteiger partial charge in [0.1, 0.15) is 12.4 Å². The van der Waals surface area contributed by atoms with Gasteiger partial charge in [-0.1, -0.05) is 18.2 Å². The van der Waals surface area contributed by atoms with Gasteiger partial charge in [-0.05, 0) is 31.0 Å². The van der Waals surface area contributed by atoms with Crippen molar-refractivity contribution in [2.75, 3.05) is 19.6 Å². The fourth-order valence-corrected chi connectivity index (χ4v) is 3.40. The molecule has 2 N–H and O–H groups in total. The number of likely N-dealkylation sites (tertiary alicyclic amines) is 1. The first-order valence-corrected chi connectivity index (χ1v) is 10.2. The van der Waals surface area contributed by atoms with E-state index in [1.807, 2.05) is 18.5 Å². The molecule has 1 aromatic heterocycles. The highest BCUT2D eigenvalue weighted by Crippen LogP contribution is 2.29. The van der Waals surface area contributed by atoms with Gasteiger partial charge in [-0.2, -0.15) is 13.2 Å². The number of aryl methyl sites for hydroxylation is 1. The highest BCUT2D eigenvalue weighted by atomic mass is 19.4. The normalized spacial score (nSPS) is 17.7. The van der Waals surface area contributed by atoms with Crippen LogP contribution in [0.1, 0.15) is 29.2 Å². The van der Waals surface area contributed by atoms with Crippen molar-refractivity contribution >= 4 is 5.96 Å². The number of nitrogens with one attached hydrogen (secondary N) is 2. The maximum atomic E-state index is 12.7. The maximum Gasteiger partial charge on any atom is 0.416 e. The van der Waals surface area contributed by atoms with Gasteiger partial charge in [0.2, 0.25) is 0 Å². The van der Waals surface area contributed by atoms with Crippen molar-refractivity contribution in [3.63, 3.8) is 0 Å². The average molecular weight is 435 g/mol. The molecule has 2 heterocycles. The third-order valence-electron chi connectivity index (χ3n) is 5.28. The van der Waals surface area contributed by atoms with Crippen LogP contribution in [0.2, 0.25) is 0 Å². The largest absolute Gasteiger partial charge is 0.416 e. The van der Waals surface area contributed by atoms with Crippen molar-refractivity contribution in [3.8, 4) is 0 Å². The molecule has 1 unspecified atom stereocenters. The SMILES string of the molecule is C=CCNC(=NCc1nnc(C)n1C)NC1CCN(Cc2ccc(C(F)(F)F)cc2)C1. The molecular formula is C21H28F3N7. The minimum atomic E-state index is -4.31. The van der Waals surface area contributed by atoms with Gasteiger partial charge in [-0.15, -0.1) is 16.8 Å². The van der Waals surface area contributed by atoms with Gasteiger partial charge in [-0.25, -0.2) is 4.99 Å². The molecule has 31 heavy (non-hydrogen) atoms. The van der Waals surface area contributed by atoms with Crippen LogP contribution in [0.3, 0.4) is 0 Å². The number of rotatable bonds is 7. The van der Waals surface area contributed by atoms with E-state index in [1.165, 1.54) is 0 Å². The van der Waals surface area contributed by atoms with Gasteiger partial charge in [-0.3, -0.25) is 4.90 Å². The molecule has 1 aromatic carbocycles. The quantitative estimate of drug-likeness (QED) is 0.398. The lowest BCUT2D eigenvalue weighted by Gasteiger charge is -2.19. The molecule has 1 atom stereocenters. The molecule has 1 fully saturated rings. The zero-order chi connectivity index (χ0) is 22.4. The van der Waals surface area contributed by atoms with Crippen LogP contribution in [0.15, 0.2) is 41.9 Å². The van der Waals surface area contributed by atoms with Crippen LogP contribution in [0.4, 0.5) is 13.2 Å². The summed E-state index contributed by atoms with van der Waals surface area (Å²) in [5.74, 6) is 2.27. The Labute approximate surface area is 180 Å². The number of benzene rings is 1. The monoisotopic (exact) mass is 435 g/mol. The Morgan fingerprint density at radius 1 is 1.29 bits per heavy atom. The smallest absolute Gasteiger partial charge is 0.353 e. The Bertz CT molecular complexity index is 903. The first kappa shape index (κ1) is 22.8. The molecule has 0 bridgehead atoms. The minimum absolute atomic E-state index is 0.187. The van der Waals surface area contributed by atoms with Crippen molar-refractivity contribution in [1.82, 2.24) is 30.3 Å². The van der Waals surface area contributed by atoms with Gasteiger partial charge >= 0.3 is 6.18 Å². The summed E-state index contributed by atoms with van der Waals surface area (Å²) in [5.41, 5.74) is 0.245. The third-order valence-corrected chi connectivity index (χ3v) is 5.28. The molecule has 0 radical (unpaired) electrons. The van der Waals surface area contributed by atoms with Gasteiger partial charge in [0.15, 0.2) is 11.8 Å². The number of guanidine groups is 1. The predicted molar refractivity (Wildman–Crippen MR) is 113 cm³/mol. The molecule has 10 heteroatoms. The van der Waals surface area contributed by atoms with Crippen LogP contribution in [0.5, 0.6) is 0 Å². The summed E-state index contributed by atoms with van der Waals surface area (Å²) in [7, 11) is 1.90. The second-order valence-corrected chi connectivity index (χ2v) is 7.62. The van der Waals surface area contributed by atoms with Crippen molar-refractivity contribution < 1.29 is 13.2 Å². The van der Waals surface area contributed by atoms with Gasteiger partial charge < -0.3 is 15.2 Å². The zero-order valence-electron chi connectivity index (χ0n) is 17.8. The molecular weight excluding hydrogens is 407 g/mol. The molecule has 0 spiro atoms. The summed E-state index contributed by atoms with van der Waals surface area (Å²) in [6.45, 7) is 8.83. The summed E-state index contributed by atoms with van der Waals surface area (Å²) in [6.07, 6.45) is -1.63. The first-order chi connectivity index (χ1) is 14.8. The Balaban J connectivity index is 1.56. The van der Waals surface area contributed by atoms with Gasteiger partial charge in [0.25, 0.3) is 0 Å². The molecule has 168 valence electrons. The Kier molecular flexibility index (Phi) is 7.32. The predicted octanol–water partition coefficient (Wildman–Crippen LogP) is 2.64. The first-order valence-electron chi connectivity index (χ1n) is 10.2. The van der Waals surface area contributed by atoms with E-state index in [0.29, 0.717) is 25.6 Å². The van der Waals surface area contributed by atoms with Gasteiger partial charge in [0.05, 0.1) is 5.56 Å². The van der Waals surface area contributed by atoms with E-state index in [4.69, 9.17) is 0 Å². The van der Waals surface area contributed by atoms with Crippen molar-refractivity contribution in [3.05, 3.63) is 59.7 Å². The Morgan fingerprint density at radius 2 is 2.03 bits per heavy atom. The van der Waals surface area contributed by atoms with Crippen LogP contribution >= 0.6 is 0 Å². The average Bonchev–Trinajstić information content (AvgIpc) is 3.30. The zero-order valence-corrected chi connectivity index (χ0v) is 17.8. The lowest BCUT2D eigenvalue weighted by Crippen LogP contribution is -2.44. The lowest BCUT2D eigenvalue weighted by molar-refractivity contribution is -0.137. The number of halogens is 3. The highest BCUT2D eigenvalue weighted by molar-refractivity contribution is 5.80. The number of hydrogen-bond acceptors (Lipinski definition) is 4. The highest BCUT2D eigenvalue weighted by Gasteiger charge is 2.30. The second kappa shape index (κ2) is 9.95. The number of aliphatic imine (C=N–C) groups is 1. The minimum Gasteiger partial charge on any atom is -0.353 e. The van der Waals surface area contributed by atoms with E-state index in [9.17, 15) is 13.2 Å². The molecule has 1 aliphatic rings. The molecule has 3 rings (SSSR count). The molecule has 0 saturated carbocycles. The number of aromatic nitrogens is 3. The van der Waals surface area contributed by atoms with Crippen LogP contribution in [0.25, 0.3) is 0 Å².